The largest absolute Gasteiger partial charge is 1.00 e. The Morgan fingerprint density at radius 1 is 0.857 bits per heavy atom. The van der Waals surface area contributed by atoms with E-state index in [2.05, 4.69) is 10.6 Å². The molecule has 0 fully saturated rings. The predicted molar refractivity (Wildman–Crippen MR) is 75.8 cm³/mol. The van der Waals surface area contributed by atoms with E-state index in [9.17, 15) is 19.5 Å². The summed E-state index contributed by atoms with van der Waals surface area (Å²) in [6.07, 6.45) is 5.07. The van der Waals surface area contributed by atoms with Crippen molar-refractivity contribution in [3.05, 3.63) is 0 Å². The Labute approximate surface area is 149 Å². The molecule has 0 aromatic rings. The second kappa shape index (κ2) is 19.4. The summed E-state index contributed by atoms with van der Waals surface area (Å²) in [6.45, 7) is 6.37. The normalized spacial score (nSPS) is 8.71. The van der Waals surface area contributed by atoms with Gasteiger partial charge in [0.1, 0.15) is 0 Å². The van der Waals surface area contributed by atoms with Crippen LogP contribution in [0.4, 0.5) is 0 Å². The molecule has 0 aliphatic carbocycles. The summed E-state index contributed by atoms with van der Waals surface area (Å²) in [6, 6.07) is 0. The summed E-state index contributed by atoms with van der Waals surface area (Å²) in [4.78, 5) is 30.5. The second-order valence-corrected chi connectivity index (χ2v) is 4.50. The molecule has 21 heavy (non-hydrogen) atoms. The van der Waals surface area contributed by atoms with Crippen molar-refractivity contribution in [2.45, 2.75) is 59.3 Å². The van der Waals surface area contributed by atoms with Crippen LogP contribution in [0.15, 0.2) is 0 Å². The van der Waals surface area contributed by atoms with Crippen molar-refractivity contribution in [2.75, 3.05) is 13.1 Å². The van der Waals surface area contributed by atoms with Gasteiger partial charge in [0, 0.05) is 32.9 Å². The van der Waals surface area contributed by atoms with Crippen molar-refractivity contribution >= 4 is 17.8 Å². The molecule has 0 aromatic heterocycles. The van der Waals surface area contributed by atoms with Gasteiger partial charge in [0.15, 0.2) is 0 Å². The van der Waals surface area contributed by atoms with Gasteiger partial charge in [-0.15, -0.1) is 0 Å². The zero-order chi connectivity index (χ0) is 15.8. The van der Waals surface area contributed by atoms with Crippen molar-refractivity contribution in [1.82, 2.24) is 10.6 Å². The fourth-order valence-electron chi connectivity index (χ4n) is 1.34. The maximum Gasteiger partial charge on any atom is 1.00 e. The Bertz CT molecular complexity index is 266. The quantitative estimate of drug-likeness (QED) is 0.359. The van der Waals surface area contributed by atoms with E-state index in [0.29, 0.717) is 6.42 Å². The first-order valence-corrected chi connectivity index (χ1v) is 7.08. The first kappa shape index (κ1) is 25.4. The molecule has 0 unspecified atom stereocenters. The molecule has 0 aliphatic rings. The van der Waals surface area contributed by atoms with Crippen LogP contribution >= 0.6 is 0 Å². The SMILES string of the molecule is CC(=O)NCCCCCCNC(C)=O.CCCC(=O)[O-].[Na+]. The van der Waals surface area contributed by atoms with Crippen molar-refractivity contribution in [2.24, 2.45) is 0 Å². The molecule has 2 amide bonds. The average Bonchev–Trinajstić information content (AvgIpc) is 2.32. The third-order valence-corrected chi connectivity index (χ3v) is 2.31. The number of aliphatic carboxylic acids is 1. The molecule has 0 bridgehead atoms. The number of nitrogens with one attached hydrogen (secondary N) is 2. The van der Waals surface area contributed by atoms with Gasteiger partial charge in [-0.1, -0.05) is 26.2 Å². The summed E-state index contributed by atoms with van der Waals surface area (Å²) >= 11 is 0. The molecule has 0 aromatic carbocycles. The van der Waals surface area contributed by atoms with E-state index in [1.807, 2.05) is 0 Å². The Morgan fingerprint density at radius 3 is 1.43 bits per heavy atom. The second-order valence-electron chi connectivity index (χ2n) is 4.50. The Kier molecular flexibility index (Phi) is 23.4. The molecular weight excluding hydrogens is 283 g/mol. The Balaban J connectivity index is -0.000000394. The van der Waals surface area contributed by atoms with Gasteiger partial charge in [-0.25, -0.2) is 0 Å². The zero-order valence-electron chi connectivity index (χ0n) is 13.8. The monoisotopic (exact) mass is 310 g/mol. The van der Waals surface area contributed by atoms with E-state index < -0.39 is 5.97 Å². The fourth-order valence-corrected chi connectivity index (χ4v) is 1.34. The molecule has 0 rings (SSSR count). The number of carbonyl (C=O) groups excluding carboxylic acids is 3. The van der Waals surface area contributed by atoms with Crippen LogP contribution in [0.2, 0.25) is 0 Å². The smallest absolute Gasteiger partial charge is 0.550 e. The minimum absolute atomic E-state index is 0. The maximum absolute atomic E-state index is 10.5. The van der Waals surface area contributed by atoms with Gasteiger partial charge in [-0.2, -0.15) is 0 Å². The molecule has 0 atom stereocenters. The van der Waals surface area contributed by atoms with Gasteiger partial charge in [-0.3, -0.25) is 9.59 Å². The summed E-state index contributed by atoms with van der Waals surface area (Å²) in [7, 11) is 0. The van der Waals surface area contributed by atoms with E-state index in [4.69, 9.17) is 0 Å². The fraction of sp³-hybridized carbons (Fsp3) is 0.786. The Hall–Kier alpha value is -0.590. The molecule has 6 nitrogen and oxygen atoms in total. The van der Waals surface area contributed by atoms with Crippen LogP contribution in [0, 0.1) is 0 Å². The predicted octanol–water partition coefficient (Wildman–Crippen LogP) is -2.64. The number of rotatable bonds is 9. The Morgan fingerprint density at radius 2 is 1.24 bits per heavy atom. The van der Waals surface area contributed by atoms with Gasteiger partial charge in [0.05, 0.1) is 0 Å². The van der Waals surface area contributed by atoms with Crippen molar-refractivity contribution < 1.29 is 49.0 Å². The van der Waals surface area contributed by atoms with Crippen molar-refractivity contribution in [3.8, 4) is 0 Å². The number of unbranched alkanes of at least 4 members (excludes halogenated alkanes) is 3. The topological polar surface area (TPSA) is 98.3 Å². The summed E-state index contributed by atoms with van der Waals surface area (Å²) in [5, 5.41) is 15.0. The van der Waals surface area contributed by atoms with E-state index >= 15 is 0 Å². The maximum atomic E-state index is 10.5. The van der Waals surface area contributed by atoms with E-state index in [-0.39, 0.29) is 47.8 Å². The molecule has 2 N–H and O–H groups in total. The van der Waals surface area contributed by atoms with Crippen LogP contribution in [0.1, 0.15) is 59.3 Å². The average molecular weight is 310 g/mol. The van der Waals surface area contributed by atoms with E-state index in [1.54, 1.807) is 6.92 Å². The van der Waals surface area contributed by atoms with Gasteiger partial charge in [0.25, 0.3) is 0 Å². The number of carboxylic acids is 1. The van der Waals surface area contributed by atoms with Crippen LogP contribution in [0.3, 0.4) is 0 Å². The van der Waals surface area contributed by atoms with E-state index in [1.165, 1.54) is 13.8 Å². The first-order valence-electron chi connectivity index (χ1n) is 7.08. The minimum Gasteiger partial charge on any atom is -0.550 e. The summed E-state index contributed by atoms with van der Waals surface area (Å²) in [5.74, 6) is -0.899. The van der Waals surface area contributed by atoms with Crippen molar-refractivity contribution in [3.63, 3.8) is 0 Å². The number of hydrogen-bond acceptors (Lipinski definition) is 4. The molecular formula is C14H27N2NaO4. The van der Waals surface area contributed by atoms with Crippen LogP contribution < -0.4 is 45.3 Å². The molecule has 0 radical (unpaired) electrons. The number of carboxylic acid groups (broad SMARTS) is 1. The van der Waals surface area contributed by atoms with Crippen molar-refractivity contribution in [1.29, 1.82) is 0 Å². The summed E-state index contributed by atoms with van der Waals surface area (Å²) < 4.78 is 0. The van der Waals surface area contributed by atoms with Crippen LogP contribution in [0.5, 0.6) is 0 Å². The molecule has 0 spiro atoms. The number of amides is 2. The van der Waals surface area contributed by atoms with Crippen LogP contribution in [-0.2, 0) is 14.4 Å². The molecule has 0 saturated carbocycles. The zero-order valence-corrected chi connectivity index (χ0v) is 15.8. The van der Waals surface area contributed by atoms with Gasteiger partial charge in [0.2, 0.25) is 11.8 Å². The number of hydrogen-bond donors (Lipinski definition) is 2. The van der Waals surface area contributed by atoms with E-state index in [0.717, 1.165) is 38.8 Å². The number of carbonyl (C=O) groups is 3. The molecule has 7 heteroatoms. The molecule has 118 valence electrons. The van der Waals surface area contributed by atoms with Crippen LogP contribution in [0.25, 0.3) is 0 Å². The molecule has 0 aliphatic heterocycles. The third-order valence-electron chi connectivity index (χ3n) is 2.31. The molecule has 0 heterocycles. The minimum atomic E-state index is -0.961. The third kappa shape index (κ3) is 32.7. The van der Waals surface area contributed by atoms with Gasteiger partial charge < -0.3 is 20.5 Å². The van der Waals surface area contributed by atoms with Crippen LogP contribution in [-0.4, -0.2) is 30.9 Å². The molecule has 0 saturated heterocycles. The van der Waals surface area contributed by atoms with Gasteiger partial charge in [-0.05, 0) is 19.3 Å². The standard InChI is InChI=1S/C10H20N2O2.C4H8O2.Na/c1-9(13)11-7-5-3-4-6-8-12-10(2)14;1-2-3-4(5)6;/h3-8H2,1-2H3,(H,11,13)(H,12,14);2-3H2,1H3,(H,5,6);/q;;+1/p-1. The first-order chi connectivity index (χ1) is 9.40. The summed E-state index contributed by atoms with van der Waals surface area (Å²) in [5.41, 5.74) is 0. The van der Waals surface area contributed by atoms with Gasteiger partial charge >= 0.3 is 29.6 Å².